The Bertz CT molecular complexity index is 618. The van der Waals surface area contributed by atoms with Crippen molar-refractivity contribution in [3.63, 3.8) is 0 Å². The van der Waals surface area contributed by atoms with Crippen molar-refractivity contribution in [3.05, 3.63) is 53.7 Å². The highest BCUT2D eigenvalue weighted by Crippen LogP contribution is 2.22. The lowest BCUT2D eigenvalue weighted by molar-refractivity contribution is 0.0934. The number of hydrogen-bond donors (Lipinski definition) is 2. The van der Waals surface area contributed by atoms with E-state index in [1.165, 1.54) is 6.26 Å². The number of amides is 1. The Hall–Kier alpha value is -2.14. The predicted molar refractivity (Wildman–Crippen MR) is 83.7 cm³/mol. The summed E-state index contributed by atoms with van der Waals surface area (Å²) in [7, 11) is 0. The van der Waals surface area contributed by atoms with Crippen LogP contribution in [-0.2, 0) is 0 Å². The maximum Gasteiger partial charge on any atom is 0.273 e. The van der Waals surface area contributed by atoms with Crippen molar-refractivity contribution in [1.82, 2.24) is 15.6 Å². The number of benzene rings is 1. The number of carbonyl (C=O) groups excluding carboxylic acids is 1. The SMILES string of the molecule is CC(NC(=O)c1coc(C2CCCNC2)n1)c1ccccc1. The Labute approximate surface area is 130 Å². The van der Waals surface area contributed by atoms with E-state index in [1.54, 1.807) is 0 Å². The molecule has 1 fully saturated rings. The standard InChI is InChI=1S/C17H21N3O2/c1-12(13-6-3-2-4-7-13)19-16(21)15-11-22-17(20-15)14-8-5-9-18-10-14/h2-4,6-7,11-12,14,18H,5,8-10H2,1H3,(H,19,21). The first-order valence-corrected chi connectivity index (χ1v) is 7.76. The first-order valence-electron chi connectivity index (χ1n) is 7.76. The fourth-order valence-corrected chi connectivity index (χ4v) is 2.74. The van der Waals surface area contributed by atoms with E-state index < -0.39 is 0 Å². The van der Waals surface area contributed by atoms with Crippen LogP contribution in [0.3, 0.4) is 0 Å². The summed E-state index contributed by atoms with van der Waals surface area (Å²) in [5, 5.41) is 6.28. The first-order chi connectivity index (χ1) is 10.7. The van der Waals surface area contributed by atoms with Crippen molar-refractivity contribution < 1.29 is 9.21 Å². The van der Waals surface area contributed by atoms with Gasteiger partial charge < -0.3 is 15.1 Å². The van der Waals surface area contributed by atoms with E-state index >= 15 is 0 Å². The molecule has 2 heterocycles. The van der Waals surface area contributed by atoms with Crippen LogP contribution in [0.5, 0.6) is 0 Å². The zero-order valence-electron chi connectivity index (χ0n) is 12.7. The van der Waals surface area contributed by atoms with Crippen molar-refractivity contribution >= 4 is 5.91 Å². The van der Waals surface area contributed by atoms with Gasteiger partial charge in [-0.2, -0.15) is 0 Å². The summed E-state index contributed by atoms with van der Waals surface area (Å²) in [5.74, 6) is 0.724. The molecule has 3 rings (SSSR count). The third kappa shape index (κ3) is 3.36. The number of rotatable bonds is 4. The van der Waals surface area contributed by atoms with Gasteiger partial charge in [0.05, 0.1) is 6.04 Å². The van der Waals surface area contributed by atoms with Crippen molar-refractivity contribution in [2.45, 2.75) is 31.7 Å². The van der Waals surface area contributed by atoms with Gasteiger partial charge in [0.1, 0.15) is 6.26 Å². The summed E-state index contributed by atoms with van der Waals surface area (Å²) in [4.78, 5) is 16.6. The molecular weight excluding hydrogens is 278 g/mol. The molecule has 1 aromatic heterocycles. The molecule has 0 bridgehead atoms. The minimum Gasteiger partial charge on any atom is -0.448 e. The molecule has 0 aliphatic carbocycles. The largest absolute Gasteiger partial charge is 0.448 e. The van der Waals surface area contributed by atoms with Gasteiger partial charge in [0, 0.05) is 12.5 Å². The number of nitrogens with zero attached hydrogens (tertiary/aromatic N) is 1. The quantitative estimate of drug-likeness (QED) is 0.910. The third-order valence-corrected chi connectivity index (χ3v) is 4.05. The average molecular weight is 299 g/mol. The molecule has 22 heavy (non-hydrogen) atoms. The van der Waals surface area contributed by atoms with Crippen LogP contribution >= 0.6 is 0 Å². The monoisotopic (exact) mass is 299 g/mol. The van der Waals surface area contributed by atoms with Crippen LogP contribution in [0.2, 0.25) is 0 Å². The summed E-state index contributed by atoms with van der Waals surface area (Å²) in [6, 6.07) is 9.80. The second kappa shape index (κ2) is 6.75. The number of hydrogen-bond acceptors (Lipinski definition) is 4. The predicted octanol–water partition coefficient (Wildman–Crippen LogP) is 2.63. The van der Waals surface area contributed by atoms with Crippen molar-refractivity contribution in [2.75, 3.05) is 13.1 Å². The van der Waals surface area contributed by atoms with Crippen LogP contribution in [0.25, 0.3) is 0 Å². The molecule has 1 aliphatic heterocycles. The maximum absolute atomic E-state index is 12.3. The molecule has 1 aromatic carbocycles. The molecule has 1 amide bonds. The molecule has 2 aromatic rings. The van der Waals surface area contributed by atoms with Crippen LogP contribution < -0.4 is 10.6 Å². The topological polar surface area (TPSA) is 67.2 Å². The second-order valence-electron chi connectivity index (χ2n) is 5.72. The molecule has 116 valence electrons. The van der Waals surface area contributed by atoms with E-state index in [2.05, 4.69) is 15.6 Å². The minimum absolute atomic E-state index is 0.0646. The van der Waals surface area contributed by atoms with E-state index in [-0.39, 0.29) is 17.9 Å². The normalized spacial score (nSPS) is 19.6. The molecule has 1 aliphatic rings. The molecular formula is C17H21N3O2. The molecule has 2 unspecified atom stereocenters. The van der Waals surface area contributed by atoms with Crippen LogP contribution in [0, 0.1) is 0 Å². The number of oxazole rings is 1. The second-order valence-corrected chi connectivity index (χ2v) is 5.72. The van der Waals surface area contributed by atoms with E-state index in [9.17, 15) is 4.79 Å². The van der Waals surface area contributed by atoms with E-state index in [0.717, 1.165) is 31.5 Å². The highest BCUT2D eigenvalue weighted by atomic mass is 16.3. The smallest absolute Gasteiger partial charge is 0.273 e. The Morgan fingerprint density at radius 3 is 2.95 bits per heavy atom. The van der Waals surface area contributed by atoms with Gasteiger partial charge in [0.15, 0.2) is 11.6 Å². The van der Waals surface area contributed by atoms with Crippen LogP contribution in [0.4, 0.5) is 0 Å². The summed E-state index contributed by atoms with van der Waals surface area (Å²) < 4.78 is 5.50. The van der Waals surface area contributed by atoms with Gasteiger partial charge in [-0.1, -0.05) is 30.3 Å². The first kappa shape index (κ1) is 14.8. The molecule has 2 atom stereocenters. The number of aromatic nitrogens is 1. The van der Waals surface area contributed by atoms with Crippen molar-refractivity contribution in [3.8, 4) is 0 Å². The zero-order chi connectivity index (χ0) is 15.4. The lowest BCUT2D eigenvalue weighted by Gasteiger charge is -2.19. The van der Waals surface area contributed by atoms with Crippen LogP contribution in [-0.4, -0.2) is 24.0 Å². The summed E-state index contributed by atoms with van der Waals surface area (Å²) in [6.07, 6.45) is 3.62. The Morgan fingerprint density at radius 1 is 1.41 bits per heavy atom. The van der Waals surface area contributed by atoms with Crippen molar-refractivity contribution in [1.29, 1.82) is 0 Å². The van der Waals surface area contributed by atoms with E-state index in [4.69, 9.17) is 4.42 Å². The lowest BCUT2D eigenvalue weighted by atomic mass is 10.00. The van der Waals surface area contributed by atoms with Gasteiger partial charge in [-0.25, -0.2) is 4.98 Å². The zero-order valence-corrected chi connectivity index (χ0v) is 12.7. The summed E-state index contributed by atoms with van der Waals surface area (Å²) >= 11 is 0. The van der Waals surface area contributed by atoms with Gasteiger partial charge in [0.25, 0.3) is 5.91 Å². The van der Waals surface area contributed by atoms with Gasteiger partial charge in [-0.05, 0) is 31.9 Å². The molecule has 0 saturated carbocycles. The molecule has 0 spiro atoms. The number of nitrogens with one attached hydrogen (secondary N) is 2. The number of piperidine rings is 1. The van der Waals surface area contributed by atoms with Crippen LogP contribution in [0.1, 0.15) is 53.7 Å². The molecule has 5 heteroatoms. The molecule has 1 saturated heterocycles. The highest BCUT2D eigenvalue weighted by Gasteiger charge is 2.22. The fourth-order valence-electron chi connectivity index (χ4n) is 2.74. The molecule has 0 radical (unpaired) electrons. The minimum atomic E-state index is -0.199. The van der Waals surface area contributed by atoms with E-state index in [0.29, 0.717) is 11.6 Å². The molecule has 5 nitrogen and oxygen atoms in total. The lowest BCUT2D eigenvalue weighted by Crippen LogP contribution is -2.29. The summed E-state index contributed by atoms with van der Waals surface area (Å²) in [5.41, 5.74) is 1.42. The van der Waals surface area contributed by atoms with Crippen LogP contribution in [0.15, 0.2) is 41.0 Å². The Balaban J connectivity index is 1.64. The van der Waals surface area contributed by atoms with Crippen molar-refractivity contribution in [2.24, 2.45) is 0 Å². The third-order valence-electron chi connectivity index (χ3n) is 4.05. The fraction of sp³-hybridized carbons (Fsp3) is 0.412. The van der Waals surface area contributed by atoms with Gasteiger partial charge >= 0.3 is 0 Å². The average Bonchev–Trinajstić information content (AvgIpc) is 3.06. The van der Waals surface area contributed by atoms with E-state index in [1.807, 2.05) is 37.3 Å². The maximum atomic E-state index is 12.3. The van der Waals surface area contributed by atoms with Gasteiger partial charge in [-0.3, -0.25) is 4.79 Å². The van der Waals surface area contributed by atoms with Gasteiger partial charge in [0.2, 0.25) is 0 Å². The molecule has 2 N–H and O–H groups in total. The number of carbonyl (C=O) groups is 1. The Morgan fingerprint density at radius 2 is 2.23 bits per heavy atom. The summed E-state index contributed by atoms with van der Waals surface area (Å²) in [6.45, 7) is 3.86. The Kier molecular flexibility index (Phi) is 4.53. The van der Waals surface area contributed by atoms with Gasteiger partial charge in [-0.15, -0.1) is 0 Å². The highest BCUT2D eigenvalue weighted by molar-refractivity contribution is 5.92.